The quantitative estimate of drug-likeness (QED) is 0.210. The molecule has 0 aliphatic carbocycles. The van der Waals surface area contributed by atoms with E-state index >= 15 is 0 Å². The van der Waals surface area contributed by atoms with E-state index in [2.05, 4.69) is 33.0 Å². The van der Waals surface area contributed by atoms with Crippen LogP contribution in [-0.2, 0) is 12.3 Å². The maximum absolute atomic E-state index is 10.8. The topological polar surface area (TPSA) is 86.7 Å². The Labute approximate surface area is 181 Å². The van der Waals surface area contributed by atoms with Crippen LogP contribution in [0.2, 0.25) is 0 Å². The first-order valence-corrected chi connectivity index (χ1v) is 10.7. The highest BCUT2D eigenvalue weighted by Gasteiger charge is 2.15. The molecule has 0 amide bonds. The van der Waals surface area contributed by atoms with Crippen LogP contribution < -0.4 is 0 Å². The van der Waals surface area contributed by atoms with Gasteiger partial charge in [-0.05, 0) is 17.2 Å². The lowest BCUT2D eigenvalue weighted by Crippen LogP contribution is -2.02. The van der Waals surface area contributed by atoms with Crippen molar-refractivity contribution >= 4 is 39.5 Å². The van der Waals surface area contributed by atoms with Gasteiger partial charge in [0.25, 0.3) is 5.69 Å². The van der Waals surface area contributed by atoms with Gasteiger partial charge in [-0.2, -0.15) is 0 Å². The smallest absolute Gasteiger partial charge is 0.269 e. The molecule has 8 heteroatoms. The predicted octanol–water partition coefficient (Wildman–Crippen LogP) is 5.23. The minimum atomic E-state index is -0.399. The van der Waals surface area contributed by atoms with Crippen LogP contribution in [0.15, 0.2) is 84.0 Å². The third-order valence-electron chi connectivity index (χ3n) is 5.05. The average Bonchev–Trinajstić information content (AvgIpc) is 3.12. The summed E-state index contributed by atoms with van der Waals surface area (Å²) in [4.78, 5) is 15.2. The summed E-state index contributed by atoms with van der Waals surface area (Å²) < 4.78 is 2.17. The van der Waals surface area contributed by atoms with Crippen molar-refractivity contribution < 1.29 is 4.92 Å². The van der Waals surface area contributed by atoms with E-state index in [4.69, 9.17) is 4.98 Å². The average molecular weight is 427 g/mol. The molecule has 0 N–H and O–H groups in total. The lowest BCUT2D eigenvalue weighted by Gasteiger charge is -2.07. The van der Waals surface area contributed by atoms with Gasteiger partial charge >= 0.3 is 0 Å². The second-order valence-electron chi connectivity index (χ2n) is 7.07. The molecule has 7 nitrogen and oxygen atoms in total. The third kappa shape index (κ3) is 3.85. The van der Waals surface area contributed by atoms with Crippen LogP contribution >= 0.6 is 11.8 Å². The molecule has 0 radical (unpaired) electrons. The minimum Gasteiger partial charge on any atom is -0.319 e. The first kappa shape index (κ1) is 19.2. The number of non-ortho nitro benzene ring substituents is 1. The molecule has 0 spiro atoms. The minimum absolute atomic E-state index is 0.0820. The highest BCUT2D eigenvalue weighted by molar-refractivity contribution is 7.98. The van der Waals surface area contributed by atoms with Crippen LogP contribution in [0, 0.1) is 10.1 Å². The molecule has 0 unspecified atom stereocenters. The monoisotopic (exact) mass is 427 g/mol. The number of thioether (sulfide) groups is 1. The number of hydrogen-bond donors (Lipinski definition) is 0. The SMILES string of the molecule is O=[N+]([O-])c1ccc(CSc2nnc3c4ccccc4n(Cc4ccccc4)c3n2)cc1. The Hall–Kier alpha value is -3.78. The number of para-hydroxylation sites is 1. The summed E-state index contributed by atoms with van der Waals surface area (Å²) in [7, 11) is 0. The second-order valence-corrected chi connectivity index (χ2v) is 8.01. The fourth-order valence-electron chi connectivity index (χ4n) is 3.54. The second kappa shape index (κ2) is 8.16. The number of nitro groups is 1. The van der Waals surface area contributed by atoms with Crippen molar-refractivity contribution in [2.24, 2.45) is 0 Å². The predicted molar refractivity (Wildman–Crippen MR) is 121 cm³/mol. The van der Waals surface area contributed by atoms with Gasteiger partial charge in [-0.3, -0.25) is 10.1 Å². The van der Waals surface area contributed by atoms with Crippen molar-refractivity contribution in [3.63, 3.8) is 0 Å². The van der Waals surface area contributed by atoms with Crippen molar-refractivity contribution in [3.8, 4) is 0 Å². The Morgan fingerprint density at radius 1 is 0.871 bits per heavy atom. The highest BCUT2D eigenvalue weighted by atomic mass is 32.2. The van der Waals surface area contributed by atoms with Gasteiger partial charge in [0.2, 0.25) is 5.16 Å². The molecule has 2 aromatic heterocycles. The third-order valence-corrected chi connectivity index (χ3v) is 5.96. The van der Waals surface area contributed by atoms with Crippen molar-refractivity contribution in [1.29, 1.82) is 0 Å². The molecular formula is C23H17N5O2S. The van der Waals surface area contributed by atoms with E-state index in [0.717, 1.165) is 27.6 Å². The Kier molecular flexibility index (Phi) is 5.05. The maximum Gasteiger partial charge on any atom is 0.269 e. The van der Waals surface area contributed by atoms with Crippen LogP contribution in [0.4, 0.5) is 5.69 Å². The fourth-order valence-corrected chi connectivity index (χ4v) is 4.28. The molecule has 0 aliphatic heterocycles. The molecule has 152 valence electrons. The summed E-state index contributed by atoms with van der Waals surface area (Å²) in [5.41, 5.74) is 4.88. The molecule has 3 aromatic carbocycles. The molecule has 0 atom stereocenters. The summed E-state index contributed by atoms with van der Waals surface area (Å²) in [6.07, 6.45) is 0. The van der Waals surface area contributed by atoms with E-state index in [-0.39, 0.29) is 5.69 Å². The largest absolute Gasteiger partial charge is 0.319 e. The first-order valence-electron chi connectivity index (χ1n) is 9.71. The molecule has 0 saturated carbocycles. The zero-order chi connectivity index (χ0) is 21.2. The molecule has 0 fully saturated rings. The number of nitrogens with zero attached hydrogens (tertiary/aromatic N) is 5. The van der Waals surface area contributed by atoms with Gasteiger partial charge in [-0.1, -0.05) is 72.4 Å². The lowest BCUT2D eigenvalue weighted by molar-refractivity contribution is -0.384. The number of hydrogen-bond acceptors (Lipinski definition) is 6. The number of benzene rings is 3. The number of fused-ring (bicyclic) bond motifs is 3. The van der Waals surface area contributed by atoms with Crippen molar-refractivity contribution in [2.45, 2.75) is 17.5 Å². The highest BCUT2D eigenvalue weighted by Crippen LogP contribution is 2.29. The summed E-state index contributed by atoms with van der Waals surface area (Å²) in [5.74, 6) is 0.601. The van der Waals surface area contributed by atoms with E-state index in [1.807, 2.05) is 36.4 Å². The molecule has 2 heterocycles. The molecular weight excluding hydrogens is 410 g/mol. The number of aromatic nitrogens is 4. The van der Waals surface area contributed by atoms with Crippen LogP contribution in [0.25, 0.3) is 22.1 Å². The summed E-state index contributed by atoms with van der Waals surface area (Å²) in [5, 5.41) is 21.2. The van der Waals surface area contributed by atoms with Gasteiger partial charge in [0.1, 0.15) is 5.52 Å². The summed E-state index contributed by atoms with van der Waals surface area (Å²) in [6, 6.07) is 24.9. The molecule has 0 saturated heterocycles. The molecule has 0 bridgehead atoms. The Morgan fingerprint density at radius 3 is 2.39 bits per heavy atom. The van der Waals surface area contributed by atoms with Crippen LogP contribution in [-0.4, -0.2) is 24.7 Å². The van der Waals surface area contributed by atoms with Crippen molar-refractivity contribution in [3.05, 3.63) is 100 Å². The van der Waals surface area contributed by atoms with E-state index in [9.17, 15) is 10.1 Å². The molecule has 31 heavy (non-hydrogen) atoms. The number of nitro benzene ring substituents is 1. The fraction of sp³-hybridized carbons (Fsp3) is 0.0870. The Morgan fingerprint density at radius 2 is 1.61 bits per heavy atom. The van der Waals surface area contributed by atoms with Gasteiger partial charge < -0.3 is 4.57 Å². The van der Waals surface area contributed by atoms with E-state index in [1.165, 1.54) is 29.5 Å². The van der Waals surface area contributed by atoms with Gasteiger partial charge in [0.15, 0.2) is 5.65 Å². The van der Waals surface area contributed by atoms with Gasteiger partial charge in [0, 0.05) is 29.8 Å². The molecule has 5 aromatic rings. The summed E-state index contributed by atoms with van der Waals surface area (Å²) in [6.45, 7) is 0.690. The Balaban J connectivity index is 1.48. The standard InChI is InChI=1S/C23H17N5O2S/c29-28(30)18-12-10-17(11-13-18)15-31-23-24-22-21(25-26-23)19-8-4-5-9-20(19)27(22)14-16-6-2-1-3-7-16/h1-13H,14-15H2. The normalized spacial score (nSPS) is 11.2. The molecule has 5 rings (SSSR count). The maximum atomic E-state index is 10.8. The van der Waals surface area contributed by atoms with E-state index in [0.29, 0.717) is 17.5 Å². The zero-order valence-electron chi connectivity index (χ0n) is 16.4. The van der Waals surface area contributed by atoms with Crippen LogP contribution in [0.3, 0.4) is 0 Å². The first-order chi connectivity index (χ1) is 15.2. The van der Waals surface area contributed by atoms with Gasteiger partial charge in [-0.25, -0.2) is 4.98 Å². The summed E-state index contributed by atoms with van der Waals surface area (Å²) >= 11 is 1.46. The van der Waals surface area contributed by atoms with E-state index in [1.54, 1.807) is 12.1 Å². The Bertz CT molecular complexity index is 1380. The van der Waals surface area contributed by atoms with Gasteiger partial charge in [0.05, 0.1) is 10.4 Å². The van der Waals surface area contributed by atoms with Crippen molar-refractivity contribution in [2.75, 3.05) is 0 Å². The zero-order valence-corrected chi connectivity index (χ0v) is 17.2. The molecule has 0 aliphatic rings. The lowest BCUT2D eigenvalue weighted by atomic mass is 10.2. The van der Waals surface area contributed by atoms with Crippen LogP contribution in [0.5, 0.6) is 0 Å². The van der Waals surface area contributed by atoms with Crippen LogP contribution in [0.1, 0.15) is 11.1 Å². The van der Waals surface area contributed by atoms with Gasteiger partial charge in [-0.15, -0.1) is 10.2 Å². The number of rotatable bonds is 6. The van der Waals surface area contributed by atoms with Crippen molar-refractivity contribution in [1.82, 2.24) is 19.7 Å². The van der Waals surface area contributed by atoms with E-state index < -0.39 is 4.92 Å².